The van der Waals surface area contributed by atoms with Gasteiger partial charge in [0.25, 0.3) is 0 Å². The first kappa shape index (κ1) is 14.9. The highest BCUT2D eigenvalue weighted by Crippen LogP contribution is 2.28. The van der Waals surface area contributed by atoms with Crippen LogP contribution in [0.1, 0.15) is 12.0 Å². The van der Waals surface area contributed by atoms with Gasteiger partial charge in [-0.15, -0.1) is 0 Å². The third kappa shape index (κ3) is 2.68. The van der Waals surface area contributed by atoms with E-state index in [0.717, 1.165) is 16.7 Å². The molecule has 1 amide bonds. The average molecular weight is 322 g/mol. The lowest BCUT2D eigenvalue weighted by Gasteiger charge is -2.24. The van der Waals surface area contributed by atoms with Gasteiger partial charge in [-0.1, -0.05) is 0 Å². The van der Waals surface area contributed by atoms with Crippen molar-refractivity contribution < 1.29 is 19.1 Å². The standard InChI is InChI=1S/C15H15FN2O3S/c16-10-1-2-11-9(7-17-12(11)6-10)5-13(19)18-15(14(20)21)3-4-22-8-15/h1-2,6-7,17H,3-5,8H2,(H,18,19)(H,20,21). The molecule has 2 heterocycles. The maximum atomic E-state index is 13.2. The van der Waals surface area contributed by atoms with Crippen LogP contribution in [-0.2, 0) is 16.0 Å². The maximum absolute atomic E-state index is 13.2. The highest BCUT2D eigenvalue weighted by molar-refractivity contribution is 7.99. The lowest BCUT2D eigenvalue weighted by molar-refractivity contribution is -0.146. The van der Waals surface area contributed by atoms with Gasteiger partial charge < -0.3 is 15.4 Å². The number of hydrogen-bond donors (Lipinski definition) is 3. The van der Waals surface area contributed by atoms with E-state index in [-0.39, 0.29) is 18.1 Å². The van der Waals surface area contributed by atoms with E-state index in [9.17, 15) is 19.1 Å². The van der Waals surface area contributed by atoms with Gasteiger partial charge in [-0.05, 0) is 35.9 Å². The van der Waals surface area contributed by atoms with Gasteiger partial charge >= 0.3 is 5.97 Å². The number of carboxylic acids is 1. The molecule has 3 rings (SSSR count). The number of rotatable bonds is 4. The van der Waals surface area contributed by atoms with Crippen molar-refractivity contribution in [3.8, 4) is 0 Å². The first-order valence-corrected chi connectivity index (χ1v) is 8.03. The summed E-state index contributed by atoms with van der Waals surface area (Å²) in [5.74, 6) is -0.577. The summed E-state index contributed by atoms with van der Waals surface area (Å²) in [7, 11) is 0. The molecule has 7 heteroatoms. The third-order valence-corrected chi connectivity index (χ3v) is 5.08. The minimum Gasteiger partial charge on any atom is -0.479 e. The number of fused-ring (bicyclic) bond motifs is 1. The first-order valence-electron chi connectivity index (χ1n) is 6.88. The van der Waals surface area contributed by atoms with Crippen molar-refractivity contribution >= 4 is 34.5 Å². The van der Waals surface area contributed by atoms with Gasteiger partial charge in [0.05, 0.1) is 6.42 Å². The number of carboxylic acid groups (broad SMARTS) is 1. The molecule has 1 fully saturated rings. The van der Waals surface area contributed by atoms with E-state index in [0.29, 0.717) is 17.7 Å². The molecule has 1 aromatic heterocycles. The summed E-state index contributed by atoms with van der Waals surface area (Å²) in [6.45, 7) is 0. The lowest BCUT2D eigenvalue weighted by atomic mass is 9.98. The second kappa shape index (κ2) is 5.64. The Bertz CT molecular complexity index is 737. The summed E-state index contributed by atoms with van der Waals surface area (Å²) in [4.78, 5) is 26.6. The van der Waals surface area contributed by atoms with Gasteiger partial charge in [-0.25, -0.2) is 9.18 Å². The Morgan fingerprint density at radius 3 is 2.95 bits per heavy atom. The monoisotopic (exact) mass is 322 g/mol. The van der Waals surface area contributed by atoms with E-state index >= 15 is 0 Å². The first-order chi connectivity index (χ1) is 10.5. The minimum atomic E-state index is -1.17. The fourth-order valence-corrected chi connectivity index (χ4v) is 4.00. The fourth-order valence-electron chi connectivity index (χ4n) is 2.67. The minimum absolute atomic E-state index is 0.0608. The van der Waals surface area contributed by atoms with Gasteiger partial charge in [0.1, 0.15) is 11.4 Å². The van der Waals surface area contributed by atoms with Gasteiger partial charge in [0.2, 0.25) is 5.91 Å². The SMILES string of the molecule is O=C(Cc1c[nH]c2cc(F)ccc12)NC1(C(=O)O)CCSC1. The van der Waals surface area contributed by atoms with Crippen molar-refractivity contribution in [1.82, 2.24) is 10.3 Å². The molecule has 0 aliphatic carbocycles. The Morgan fingerprint density at radius 1 is 1.45 bits per heavy atom. The summed E-state index contributed by atoms with van der Waals surface area (Å²) >= 11 is 1.52. The van der Waals surface area contributed by atoms with Gasteiger partial charge in [-0.3, -0.25) is 4.79 Å². The van der Waals surface area contributed by atoms with Crippen LogP contribution < -0.4 is 5.32 Å². The van der Waals surface area contributed by atoms with Crippen LogP contribution in [0.2, 0.25) is 0 Å². The number of hydrogen-bond acceptors (Lipinski definition) is 3. The molecule has 0 radical (unpaired) electrons. The van der Waals surface area contributed by atoms with Crippen LogP contribution in [0.4, 0.5) is 4.39 Å². The highest BCUT2D eigenvalue weighted by atomic mass is 32.2. The Morgan fingerprint density at radius 2 is 2.27 bits per heavy atom. The van der Waals surface area contributed by atoms with Crippen LogP contribution in [0.25, 0.3) is 10.9 Å². The summed E-state index contributed by atoms with van der Waals surface area (Å²) in [5.41, 5.74) is 0.172. The zero-order chi connectivity index (χ0) is 15.7. The Hall–Kier alpha value is -2.02. The van der Waals surface area contributed by atoms with Crippen LogP contribution in [0.15, 0.2) is 24.4 Å². The van der Waals surface area contributed by atoms with E-state index in [1.54, 1.807) is 12.3 Å². The zero-order valence-corrected chi connectivity index (χ0v) is 12.5. The molecule has 1 aromatic carbocycles. The van der Waals surface area contributed by atoms with E-state index < -0.39 is 11.5 Å². The molecule has 0 saturated carbocycles. The molecule has 0 bridgehead atoms. The Balaban J connectivity index is 1.77. The smallest absolute Gasteiger partial charge is 0.330 e. The molecule has 1 saturated heterocycles. The molecule has 1 aliphatic heterocycles. The predicted octanol–water partition coefficient (Wildman–Crippen LogP) is 1.93. The van der Waals surface area contributed by atoms with Gasteiger partial charge in [0.15, 0.2) is 0 Å². The van der Waals surface area contributed by atoms with E-state index in [2.05, 4.69) is 10.3 Å². The molecular formula is C15H15FN2O3S. The number of aliphatic carboxylic acids is 1. The van der Waals surface area contributed by atoms with Crippen molar-refractivity contribution in [1.29, 1.82) is 0 Å². The summed E-state index contributed by atoms with van der Waals surface area (Å²) in [6.07, 6.45) is 2.14. The topological polar surface area (TPSA) is 82.2 Å². The molecule has 5 nitrogen and oxygen atoms in total. The average Bonchev–Trinajstić information content (AvgIpc) is 3.07. The van der Waals surface area contributed by atoms with E-state index in [1.165, 1.54) is 23.9 Å². The van der Waals surface area contributed by atoms with Crippen molar-refractivity contribution in [2.24, 2.45) is 0 Å². The van der Waals surface area contributed by atoms with Gasteiger partial charge in [-0.2, -0.15) is 11.8 Å². The molecule has 3 N–H and O–H groups in total. The molecule has 1 atom stereocenters. The molecule has 1 unspecified atom stereocenters. The molecule has 116 valence electrons. The second-order valence-corrected chi connectivity index (χ2v) is 6.52. The number of H-pyrrole nitrogens is 1. The summed E-state index contributed by atoms with van der Waals surface area (Å²) < 4.78 is 13.2. The Labute approximate surface area is 130 Å². The number of thioether (sulfide) groups is 1. The number of benzene rings is 1. The van der Waals surface area contributed by atoms with Crippen LogP contribution in [0.3, 0.4) is 0 Å². The molecule has 22 heavy (non-hydrogen) atoms. The number of carbonyl (C=O) groups is 2. The van der Waals surface area contributed by atoms with Gasteiger partial charge in [0, 0.05) is 22.9 Å². The van der Waals surface area contributed by atoms with Crippen LogP contribution in [0, 0.1) is 5.82 Å². The lowest BCUT2D eigenvalue weighted by Crippen LogP contribution is -2.55. The largest absolute Gasteiger partial charge is 0.479 e. The number of aromatic nitrogens is 1. The Kier molecular flexibility index (Phi) is 3.82. The predicted molar refractivity (Wildman–Crippen MR) is 82.4 cm³/mol. The van der Waals surface area contributed by atoms with Crippen molar-refractivity contribution in [2.45, 2.75) is 18.4 Å². The highest BCUT2D eigenvalue weighted by Gasteiger charge is 2.43. The molecule has 1 aliphatic rings. The molecular weight excluding hydrogens is 307 g/mol. The van der Waals surface area contributed by atoms with Crippen LogP contribution in [-0.4, -0.2) is 39.0 Å². The van der Waals surface area contributed by atoms with Crippen molar-refractivity contribution in [3.05, 3.63) is 35.8 Å². The number of amides is 1. The van der Waals surface area contributed by atoms with E-state index in [4.69, 9.17) is 0 Å². The quantitative estimate of drug-likeness (QED) is 0.803. The van der Waals surface area contributed by atoms with Crippen molar-refractivity contribution in [3.63, 3.8) is 0 Å². The second-order valence-electron chi connectivity index (χ2n) is 5.42. The zero-order valence-electron chi connectivity index (χ0n) is 11.7. The number of carbonyl (C=O) groups excluding carboxylic acids is 1. The van der Waals surface area contributed by atoms with Crippen LogP contribution >= 0.6 is 11.8 Å². The third-order valence-electron chi connectivity index (χ3n) is 3.89. The van der Waals surface area contributed by atoms with E-state index in [1.807, 2.05) is 0 Å². The number of halogens is 1. The van der Waals surface area contributed by atoms with Crippen LogP contribution in [0.5, 0.6) is 0 Å². The normalized spacial score (nSPS) is 21.1. The maximum Gasteiger partial charge on any atom is 0.330 e. The summed E-state index contributed by atoms with van der Waals surface area (Å²) in [5, 5.41) is 12.8. The number of aromatic amines is 1. The fraction of sp³-hybridized carbons (Fsp3) is 0.333. The van der Waals surface area contributed by atoms with Crippen molar-refractivity contribution in [2.75, 3.05) is 11.5 Å². The molecule has 0 spiro atoms. The molecule has 2 aromatic rings. The summed E-state index contributed by atoms with van der Waals surface area (Å²) in [6, 6.07) is 4.31. The number of nitrogens with one attached hydrogen (secondary N) is 2.